The minimum absolute atomic E-state index is 0. The van der Waals surface area contributed by atoms with E-state index in [1.807, 2.05) is 12.1 Å². The molecule has 0 saturated carbocycles. The molecule has 0 radical (unpaired) electrons. The summed E-state index contributed by atoms with van der Waals surface area (Å²) >= 11 is 5.87. The first kappa shape index (κ1) is 16.3. The Morgan fingerprint density at radius 1 is 1.37 bits per heavy atom. The lowest BCUT2D eigenvalue weighted by molar-refractivity contribution is -0.116. The molecule has 1 amide bonds. The molecule has 1 heterocycles. The van der Waals surface area contributed by atoms with E-state index in [9.17, 15) is 4.79 Å². The molecule has 106 valence electrons. The van der Waals surface area contributed by atoms with E-state index in [2.05, 4.69) is 10.6 Å². The van der Waals surface area contributed by atoms with Gasteiger partial charge in [0.2, 0.25) is 5.91 Å². The molecule has 1 aromatic carbocycles. The summed E-state index contributed by atoms with van der Waals surface area (Å²) < 4.78 is 0. The number of benzene rings is 1. The second kappa shape index (κ2) is 8.41. The van der Waals surface area contributed by atoms with Crippen LogP contribution in [-0.4, -0.2) is 19.0 Å². The molecule has 0 aromatic heterocycles. The Labute approximate surface area is 125 Å². The number of rotatable bonds is 4. The summed E-state index contributed by atoms with van der Waals surface area (Å²) in [5.74, 6) is 0.771. The summed E-state index contributed by atoms with van der Waals surface area (Å²) in [5.41, 5.74) is 0.776. The summed E-state index contributed by atoms with van der Waals surface area (Å²) in [5, 5.41) is 6.86. The average molecular weight is 303 g/mol. The first-order valence-corrected chi connectivity index (χ1v) is 6.88. The Balaban J connectivity index is 0.00000180. The van der Waals surface area contributed by atoms with Crippen LogP contribution in [0.25, 0.3) is 0 Å². The van der Waals surface area contributed by atoms with Crippen molar-refractivity contribution >= 4 is 35.6 Å². The molecule has 0 atom stereocenters. The fourth-order valence-corrected chi connectivity index (χ4v) is 2.49. The van der Waals surface area contributed by atoms with Crippen LogP contribution in [0.2, 0.25) is 5.02 Å². The van der Waals surface area contributed by atoms with Gasteiger partial charge in [0.25, 0.3) is 0 Å². The van der Waals surface area contributed by atoms with E-state index in [1.54, 1.807) is 12.1 Å². The van der Waals surface area contributed by atoms with E-state index >= 15 is 0 Å². The van der Waals surface area contributed by atoms with Gasteiger partial charge in [0, 0.05) is 17.1 Å². The van der Waals surface area contributed by atoms with Crippen LogP contribution in [-0.2, 0) is 4.79 Å². The van der Waals surface area contributed by atoms with Gasteiger partial charge >= 0.3 is 0 Å². The van der Waals surface area contributed by atoms with Crippen molar-refractivity contribution in [3.63, 3.8) is 0 Å². The highest BCUT2D eigenvalue weighted by molar-refractivity contribution is 6.30. The molecule has 5 heteroatoms. The maximum absolute atomic E-state index is 11.8. The quantitative estimate of drug-likeness (QED) is 0.894. The Morgan fingerprint density at radius 3 is 2.79 bits per heavy atom. The lowest BCUT2D eigenvalue weighted by Gasteiger charge is -2.22. The number of hydrogen-bond donors (Lipinski definition) is 2. The molecular weight excluding hydrogens is 283 g/mol. The van der Waals surface area contributed by atoms with Crippen molar-refractivity contribution in [2.24, 2.45) is 5.92 Å². The van der Waals surface area contributed by atoms with Crippen molar-refractivity contribution in [2.75, 3.05) is 18.4 Å². The molecule has 1 aliphatic heterocycles. The van der Waals surface area contributed by atoms with Crippen LogP contribution in [0.4, 0.5) is 5.69 Å². The van der Waals surface area contributed by atoms with Crippen molar-refractivity contribution < 1.29 is 4.79 Å². The molecule has 0 unspecified atom stereocenters. The Bertz CT molecular complexity index is 406. The van der Waals surface area contributed by atoms with E-state index in [1.165, 1.54) is 12.8 Å². The number of piperidine rings is 1. The van der Waals surface area contributed by atoms with Gasteiger partial charge in [-0.3, -0.25) is 4.79 Å². The molecule has 2 rings (SSSR count). The minimum atomic E-state index is 0. The molecule has 3 nitrogen and oxygen atoms in total. The summed E-state index contributed by atoms with van der Waals surface area (Å²) in [6.45, 7) is 2.17. The summed E-state index contributed by atoms with van der Waals surface area (Å²) in [4.78, 5) is 11.8. The fraction of sp³-hybridized carbons (Fsp3) is 0.500. The van der Waals surface area contributed by atoms with Crippen LogP contribution in [0.15, 0.2) is 24.3 Å². The van der Waals surface area contributed by atoms with Crippen LogP contribution in [0.1, 0.15) is 25.7 Å². The molecule has 1 saturated heterocycles. The predicted octanol–water partition coefficient (Wildman–Crippen LogP) is 3.48. The molecular formula is C14H20Cl2N2O. The minimum Gasteiger partial charge on any atom is -0.326 e. The first-order valence-electron chi connectivity index (χ1n) is 6.50. The van der Waals surface area contributed by atoms with Gasteiger partial charge in [0.05, 0.1) is 0 Å². The number of nitrogens with one attached hydrogen (secondary N) is 2. The standard InChI is InChI=1S/C14H19ClN2O.ClH/c15-12-2-1-3-13(10-12)17-14(18)5-4-11-6-8-16-9-7-11;/h1-3,10-11,16H,4-9H2,(H,17,18);1H. The predicted molar refractivity (Wildman–Crippen MR) is 82.2 cm³/mol. The SMILES string of the molecule is Cl.O=C(CCC1CCNCC1)Nc1cccc(Cl)c1. The first-order chi connectivity index (χ1) is 8.74. The second-order valence-electron chi connectivity index (χ2n) is 4.79. The van der Waals surface area contributed by atoms with Crippen molar-refractivity contribution in [3.05, 3.63) is 29.3 Å². The topological polar surface area (TPSA) is 41.1 Å². The van der Waals surface area contributed by atoms with Gasteiger partial charge in [0.1, 0.15) is 0 Å². The number of halogens is 2. The van der Waals surface area contributed by atoms with Crippen molar-refractivity contribution in [1.82, 2.24) is 5.32 Å². The zero-order chi connectivity index (χ0) is 12.8. The molecule has 19 heavy (non-hydrogen) atoms. The van der Waals surface area contributed by atoms with Crippen molar-refractivity contribution in [2.45, 2.75) is 25.7 Å². The maximum atomic E-state index is 11.8. The third kappa shape index (κ3) is 5.81. The number of hydrogen-bond acceptors (Lipinski definition) is 2. The normalized spacial score (nSPS) is 15.6. The van der Waals surface area contributed by atoms with E-state index < -0.39 is 0 Å². The van der Waals surface area contributed by atoms with Crippen LogP contribution in [0.5, 0.6) is 0 Å². The molecule has 0 bridgehead atoms. The Kier molecular flexibility index (Phi) is 7.21. The van der Waals surface area contributed by atoms with Gasteiger partial charge in [-0.25, -0.2) is 0 Å². The second-order valence-corrected chi connectivity index (χ2v) is 5.23. The number of carbonyl (C=O) groups excluding carboxylic acids is 1. The van der Waals surface area contributed by atoms with Gasteiger partial charge < -0.3 is 10.6 Å². The highest BCUT2D eigenvalue weighted by Crippen LogP contribution is 2.19. The van der Waals surface area contributed by atoms with Crippen molar-refractivity contribution in [3.8, 4) is 0 Å². The van der Waals surface area contributed by atoms with E-state index in [-0.39, 0.29) is 18.3 Å². The number of anilines is 1. The largest absolute Gasteiger partial charge is 0.326 e. The molecule has 2 N–H and O–H groups in total. The molecule has 1 fully saturated rings. The molecule has 1 aromatic rings. The number of carbonyl (C=O) groups is 1. The monoisotopic (exact) mass is 302 g/mol. The number of amides is 1. The van der Waals surface area contributed by atoms with Crippen LogP contribution >= 0.6 is 24.0 Å². The third-order valence-corrected chi connectivity index (χ3v) is 3.58. The lowest BCUT2D eigenvalue weighted by Crippen LogP contribution is -2.28. The zero-order valence-corrected chi connectivity index (χ0v) is 12.4. The van der Waals surface area contributed by atoms with Crippen molar-refractivity contribution in [1.29, 1.82) is 0 Å². The Hall–Kier alpha value is -0.770. The van der Waals surface area contributed by atoms with Crippen LogP contribution in [0, 0.1) is 5.92 Å². The zero-order valence-electron chi connectivity index (χ0n) is 10.8. The smallest absolute Gasteiger partial charge is 0.224 e. The van der Waals surface area contributed by atoms with Crippen LogP contribution in [0.3, 0.4) is 0 Å². The van der Waals surface area contributed by atoms with Gasteiger partial charge in [-0.1, -0.05) is 17.7 Å². The van der Waals surface area contributed by atoms with E-state index in [0.717, 1.165) is 25.2 Å². The maximum Gasteiger partial charge on any atom is 0.224 e. The molecule has 1 aliphatic rings. The van der Waals surface area contributed by atoms with Crippen LogP contribution < -0.4 is 10.6 Å². The van der Waals surface area contributed by atoms with Gasteiger partial charge in [-0.15, -0.1) is 12.4 Å². The van der Waals surface area contributed by atoms with E-state index in [4.69, 9.17) is 11.6 Å². The third-order valence-electron chi connectivity index (χ3n) is 3.35. The molecule has 0 aliphatic carbocycles. The van der Waals surface area contributed by atoms with Gasteiger partial charge in [0.15, 0.2) is 0 Å². The summed E-state index contributed by atoms with van der Waals surface area (Å²) in [7, 11) is 0. The lowest BCUT2D eigenvalue weighted by atomic mass is 9.93. The summed E-state index contributed by atoms with van der Waals surface area (Å²) in [6.07, 6.45) is 3.94. The highest BCUT2D eigenvalue weighted by Gasteiger charge is 2.14. The summed E-state index contributed by atoms with van der Waals surface area (Å²) in [6, 6.07) is 7.26. The average Bonchev–Trinajstić information content (AvgIpc) is 2.38. The highest BCUT2D eigenvalue weighted by atomic mass is 35.5. The fourth-order valence-electron chi connectivity index (χ4n) is 2.30. The van der Waals surface area contributed by atoms with E-state index in [0.29, 0.717) is 17.4 Å². The molecule has 0 spiro atoms. The van der Waals surface area contributed by atoms with Gasteiger partial charge in [-0.05, 0) is 56.5 Å². The van der Waals surface area contributed by atoms with Gasteiger partial charge in [-0.2, -0.15) is 0 Å². The Morgan fingerprint density at radius 2 is 2.11 bits per heavy atom.